The second-order valence-corrected chi connectivity index (χ2v) is 7.31. The van der Waals surface area contributed by atoms with Gasteiger partial charge in [0.15, 0.2) is 0 Å². The maximum atomic E-state index is 12.7. The molecule has 4 nitrogen and oxygen atoms in total. The van der Waals surface area contributed by atoms with Gasteiger partial charge in [0.25, 0.3) is 0 Å². The normalized spacial score (nSPS) is 10.6. The van der Waals surface area contributed by atoms with Gasteiger partial charge in [-0.1, -0.05) is 91.0 Å². The lowest BCUT2D eigenvalue weighted by molar-refractivity contribution is -0.144. The van der Waals surface area contributed by atoms with Crippen LogP contribution in [-0.4, -0.2) is 16.4 Å². The Labute approximate surface area is 181 Å². The molecule has 31 heavy (non-hydrogen) atoms. The van der Waals surface area contributed by atoms with Gasteiger partial charge in [-0.25, -0.2) is 0 Å². The molecule has 4 rings (SSSR count). The SMILES string of the molecule is CC(=O)n1c(CC(=O)OCc2ccccc2)cc(-c2ccccc2)c1-c1ccccc1. The van der Waals surface area contributed by atoms with Crippen molar-refractivity contribution in [2.75, 3.05) is 0 Å². The van der Waals surface area contributed by atoms with E-state index in [1.165, 1.54) is 6.92 Å². The van der Waals surface area contributed by atoms with Crippen molar-refractivity contribution in [1.82, 2.24) is 4.57 Å². The van der Waals surface area contributed by atoms with E-state index in [1.807, 2.05) is 97.1 Å². The van der Waals surface area contributed by atoms with Crippen molar-refractivity contribution in [1.29, 1.82) is 0 Å². The average Bonchev–Trinajstić information content (AvgIpc) is 3.19. The molecular weight excluding hydrogens is 386 g/mol. The van der Waals surface area contributed by atoms with E-state index in [2.05, 4.69) is 0 Å². The van der Waals surface area contributed by atoms with Gasteiger partial charge in [0.2, 0.25) is 5.91 Å². The van der Waals surface area contributed by atoms with Crippen LogP contribution in [0.15, 0.2) is 97.1 Å². The van der Waals surface area contributed by atoms with Crippen LogP contribution in [0.25, 0.3) is 22.4 Å². The number of esters is 1. The highest BCUT2D eigenvalue weighted by Crippen LogP contribution is 2.35. The minimum atomic E-state index is -0.372. The van der Waals surface area contributed by atoms with Gasteiger partial charge in [-0.05, 0) is 22.8 Å². The summed E-state index contributed by atoms with van der Waals surface area (Å²) in [6.45, 7) is 1.72. The Kier molecular flexibility index (Phi) is 6.08. The zero-order valence-electron chi connectivity index (χ0n) is 17.3. The first-order chi connectivity index (χ1) is 15.1. The van der Waals surface area contributed by atoms with Crippen LogP contribution in [0.5, 0.6) is 0 Å². The van der Waals surface area contributed by atoms with Gasteiger partial charge in [-0.2, -0.15) is 0 Å². The molecule has 0 amide bonds. The number of aromatic nitrogens is 1. The van der Waals surface area contributed by atoms with E-state index in [1.54, 1.807) is 4.57 Å². The summed E-state index contributed by atoms with van der Waals surface area (Å²) in [6, 6.07) is 31.1. The Morgan fingerprint density at radius 1 is 0.774 bits per heavy atom. The van der Waals surface area contributed by atoms with Gasteiger partial charge < -0.3 is 4.74 Å². The summed E-state index contributed by atoms with van der Waals surface area (Å²) in [5.41, 5.74) is 5.13. The minimum absolute atomic E-state index is 0.0130. The van der Waals surface area contributed by atoms with Gasteiger partial charge in [0, 0.05) is 18.2 Å². The summed E-state index contributed by atoms with van der Waals surface area (Å²) >= 11 is 0. The van der Waals surface area contributed by atoms with Crippen molar-refractivity contribution in [2.45, 2.75) is 20.0 Å². The largest absolute Gasteiger partial charge is 0.461 e. The molecule has 3 aromatic carbocycles. The van der Waals surface area contributed by atoms with E-state index >= 15 is 0 Å². The van der Waals surface area contributed by atoms with E-state index in [9.17, 15) is 9.59 Å². The number of carbonyl (C=O) groups is 2. The molecule has 0 saturated heterocycles. The molecule has 0 atom stereocenters. The Bertz CT molecular complexity index is 1180. The molecule has 0 saturated carbocycles. The van der Waals surface area contributed by atoms with Crippen molar-refractivity contribution in [2.24, 2.45) is 0 Å². The fourth-order valence-electron chi connectivity index (χ4n) is 3.71. The molecule has 0 radical (unpaired) electrons. The van der Waals surface area contributed by atoms with E-state index < -0.39 is 0 Å². The summed E-state index contributed by atoms with van der Waals surface area (Å²) in [5, 5.41) is 0. The lowest BCUT2D eigenvalue weighted by atomic mass is 10.0. The predicted octanol–water partition coefficient (Wildman–Crippen LogP) is 5.77. The minimum Gasteiger partial charge on any atom is -0.461 e. The van der Waals surface area contributed by atoms with E-state index in [-0.39, 0.29) is 24.9 Å². The molecule has 0 unspecified atom stereocenters. The molecule has 0 aliphatic rings. The third-order valence-corrected chi connectivity index (χ3v) is 5.09. The quantitative estimate of drug-likeness (QED) is 0.380. The molecule has 154 valence electrons. The molecule has 0 spiro atoms. The summed E-state index contributed by atoms with van der Waals surface area (Å²) < 4.78 is 7.09. The summed E-state index contributed by atoms with van der Waals surface area (Å²) in [5.74, 6) is -0.519. The van der Waals surface area contributed by atoms with E-state index in [0.717, 1.165) is 27.9 Å². The summed E-state index contributed by atoms with van der Waals surface area (Å²) in [6.07, 6.45) is 0.0130. The molecule has 0 aliphatic carbocycles. The van der Waals surface area contributed by atoms with Crippen LogP contribution in [0, 0.1) is 0 Å². The van der Waals surface area contributed by atoms with Gasteiger partial charge in [-0.15, -0.1) is 0 Å². The van der Waals surface area contributed by atoms with Crippen molar-refractivity contribution in [3.63, 3.8) is 0 Å². The molecule has 4 heteroatoms. The highest BCUT2D eigenvalue weighted by molar-refractivity contribution is 5.92. The fraction of sp³-hybridized carbons (Fsp3) is 0.111. The first kappa shape index (κ1) is 20.4. The Morgan fingerprint density at radius 2 is 1.32 bits per heavy atom. The van der Waals surface area contributed by atoms with Crippen molar-refractivity contribution in [3.8, 4) is 22.4 Å². The van der Waals surface area contributed by atoms with Crippen molar-refractivity contribution >= 4 is 11.9 Å². The van der Waals surface area contributed by atoms with Crippen molar-refractivity contribution < 1.29 is 14.3 Å². The third-order valence-electron chi connectivity index (χ3n) is 5.09. The summed E-state index contributed by atoms with van der Waals surface area (Å²) in [4.78, 5) is 25.3. The van der Waals surface area contributed by atoms with Crippen LogP contribution in [0.4, 0.5) is 0 Å². The fourth-order valence-corrected chi connectivity index (χ4v) is 3.71. The Morgan fingerprint density at radius 3 is 1.90 bits per heavy atom. The maximum Gasteiger partial charge on any atom is 0.312 e. The molecule has 0 bridgehead atoms. The number of hydrogen-bond acceptors (Lipinski definition) is 3. The molecule has 1 aromatic heterocycles. The molecule has 0 aliphatic heterocycles. The standard InChI is InChI=1S/C27H23NO3/c1-20(29)28-24(18-26(30)31-19-21-11-5-2-6-12-21)17-25(22-13-7-3-8-14-22)27(28)23-15-9-4-10-16-23/h2-17H,18-19H2,1H3. The van der Waals surface area contributed by atoms with Crippen LogP contribution in [0.2, 0.25) is 0 Å². The number of benzene rings is 3. The number of rotatable bonds is 6. The second kappa shape index (κ2) is 9.26. The number of nitrogens with zero attached hydrogens (tertiary/aromatic N) is 1. The van der Waals surface area contributed by atoms with Gasteiger partial charge >= 0.3 is 5.97 Å². The van der Waals surface area contributed by atoms with Crippen LogP contribution in [0.1, 0.15) is 23.0 Å². The third kappa shape index (κ3) is 4.64. The number of ether oxygens (including phenoxy) is 1. The molecule has 0 N–H and O–H groups in total. The number of carbonyl (C=O) groups excluding carboxylic acids is 2. The average molecular weight is 409 g/mol. The highest BCUT2D eigenvalue weighted by Gasteiger charge is 2.22. The smallest absolute Gasteiger partial charge is 0.312 e. The molecule has 0 fully saturated rings. The first-order valence-electron chi connectivity index (χ1n) is 10.2. The predicted molar refractivity (Wildman–Crippen MR) is 122 cm³/mol. The van der Waals surface area contributed by atoms with E-state index in [0.29, 0.717) is 5.69 Å². The lowest BCUT2D eigenvalue weighted by Gasteiger charge is -2.12. The van der Waals surface area contributed by atoms with Crippen LogP contribution < -0.4 is 0 Å². The summed E-state index contributed by atoms with van der Waals surface area (Å²) in [7, 11) is 0. The zero-order valence-corrected chi connectivity index (χ0v) is 17.3. The zero-order chi connectivity index (χ0) is 21.6. The monoisotopic (exact) mass is 409 g/mol. The maximum absolute atomic E-state index is 12.7. The Hall–Kier alpha value is -3.92. The highest BCUT2D eigenvalue weighted by atomic mass is 16.5. The molecule has 4 aromatic rings. The lowest BCUT2D eigenvalue weighted by Crippen LogP contribution is -2.16. The molecule has 1 heterocycles. The van der Waals surface area contributed by atoms with Crippen LogP contribution in [0.3, 0.4) is 0 Å². The van der Waals surface area contributed by atoms with Crippen LogP contribution in [-0.2, 0) is 22.6 Å². The topological polar surface area (TPSA) is 48.3 Å². The van der Waals surface area contributed by atoms with Gasteiger partial charge in [0.1, 0.15) is 6.61 Å². The van der Waals surface area contributed by atoms with Crippen molar-refractivity contribution in [3.05, 3.63) is 108 Å². The van der Waals surface area contributed by atoms with Gasteiger partial charge in [-0.3, -0.25) is 14.2 Å². The first-order valence-corrected chi connectivity index (χ1v) is 10.2. The Balaban J connectivity index is 1.71. The second-order valence-electron chi connectivity index (χ2n) is 7.31. The number of hydrogen-bond donors (Lipinski definition) is 0. The van der Waals surface area contributed by atoms with Crippen LogP contribution >= 0.6 is 0 Å². The molecular formula is C27H23NO3. The van der Waals surface area contributed by atoms with E-state index in [4.69, 9.17) is 4.74 Å². The van der Waals surface area contributed by atoms with Gasteiger partial charge in [0.05, 0.1) is 12.1 Å².